The second kappa shape index (κ2) is 7.87. The molecule has 0 bridgehead atoms. The highest BCUT2D eigenvalue weighted by atomic mass is 35.5. The number of urea groups is 1. The number of carbonyl (C=O) groups excluding carboxylic acids is 3. The summed E-state index contributed by atoms with van der Waals surface area (Å²) in [5, 5.41) is 3.10. The topological polar surface area (TPSA) is 75.7 Å². The Morgan fingerprint density at radius 2 is 1.88 bits per heavy atom. The Balaban J connectivity index is 2.19. The van der Waals surface area contributed by atoms with E-state index < -0.39 is 11.6 Å². The van der Waals surface area contributed by atoms with Crippen molar-refractivity contribution in [2.24, 2.45) is 0 Å². The zero-order valence-electron chi connectivity index (χ0n) is 14.7. The molecule has 136 valence electrons. The molecule has 7 heteroatoms. The summed E-state index contributed by atoms with van der Waals surface area (Å²) in [4.78, 5) is 38.6. The van der Waals surface area contributed by atoms with Crippen molar-refractivity contribution in [3.63, 3.8) is 0 Å². The van der Waals surface area contributed by atoms with Gasteiger partial charge in [0.1, 0.15) is 11.3 Å². The highest BCUT2D eigenvalue weighted by Gasteiger charge is 2.50. The Morgan fingerprint density at radius 3 is 2.40 bits per heavy atom. The molecule has 1 N–H and O–H groups in total. The minimum atomic E-state index is -0.890. The zero-order chi connectivity index (χ0) is 18.6. The Labute approximate surface area is 152 Å². The van der Waals surface area contributed by atoms with Gasteiger partial charge >= 0.3 is 6.03 Å². The molecule has 0 spiro atoms. The van der Waals surface area contributed by atoms with Gasteiger partial charge in [-0.25, -0.2) is 4.79 Å². The molecular weight excluding hydrogens is 344 g/mol. The lowest BCUT2D eigenvalue weighted by Gasteiger charge is -2.25. The summed E-state index contributed by atoms with van der Waals surface area (Å²) in [6.45, 7) is 3.62. The molecule has 25 heavy (non-hydrogen) atoms. The first kappa shape index (κ1) is 19.2. The van der Waals surface area contributed by atoms with Gasteiger partial charge in [-0.2, -0.15) is 0 Å². The van der Waals surface area contributed by atoms with E-state index in [1.54, 1.807) is 12.1 Å². The summed E-state index contributed by atoms with van der Waals surface area (Å²) in [7, 11) is 1.48. The number of Topliss-reactive ketones (excluding diaryl/α,β-unsaturated/α-hetero) is 1. The molecule has 0 aliphatic carbocycles. The van der Waals surface area contributed by atoms with E-state index >= 15 is 0 Å². The van der Waals surface area contributed by atoms with E-state index in [4.69, 9.17) is 16.3 Å². The fourth-order valence-electron chi connectivity index (χ4n) is 3.21. The molecule has 0 unspecified atom stereocenters. The Kier molecular flexibility index (Phi) is 6.06. The van der Waals surface area contributed by atoms with Crippen LogP contribution in [0.1, 0.15) is 49.9 Å². The summed E-state index contributed by atoms with van der Waals surface area (Å²) in [5.41, 5.74) is -0.562. The van der Waals surface area contributed by atoms with Gasteiger partial charge in [-0.3, -0.25) is 14.5 Å². The fraction of sp³-hybridized carbons (Fsp3) is 0.500. The van der Waals surface area contributed by atoms with Gasteiger partial charge in [0.15, 0.2) is 5.78 Å². The first-order valence-electron chi connectivity index (χ1n) is 8.39. The monoisotopic (exact) mass is 366 g/mol. The standard InChI is InChI=1S/C18H23ClN2O4/c1-4-8-18(9-5-2)16(23)21(17(24)20-18)11-14(22)12-6-7-15(25-3)13(19)10-12/h6-7,10H,4-5,8-9,11H2,1-3H3,(H,20,24). The van der Waals surface area contributed by atoms with Gasteiger partial charge in [-0.1, -0.05) is 38.3 Å². The summed E-state index contributed by atoms with van der Waals surface area (Å²) < 4.78 is 5.06. The maximum atomic E-state index is 12.8. The van der Waals surface area contributed by atoms with E-state index in [1.807, 2.05) is 13.8 Å². The summed E-state index contributed by atoms with van der Waals surface area (Å²) >= 11 is 6.04. The number of carbonyl (C=O) groups is 3. The van der Waals surface area contributed by atoms with Gasteiger partial charge in [0.2, 0.25) is 0 Å². The first-order valence-corrected chi connectivity index (χ1v) is 8.77. The molecule has 0 saturated carbocycles. The molecule has 1 aliphatic rings. The van der Waals surface area contributed by atoms with Crippen LogP contribution in [0.2, 0.25) is 5.02 Å². The number of ketones is 1. The van der Waals surface area contributed by atoms with Gasteiger partial charge in [0.25, 0.3) is 5.91 Å². The minimum Gasteiger partial charge on any atom is -0.495 e. The number of benzene rings is 1. The number of hydrogen-bond acceptors (Lipinski definition) is 4. The maximum Gasteiger partial charge on any atom is 0.325 e. The van der Waals surface area contributed by atoms with Crippen LogP contribution in [0.15, 0.2) is 18.2 Å². The van der Waals surface area contributed by atoms with E-state index in [-0.39, 0.29) is 18.2 Å². The third kappa shape index (κ3) is 3.79. The van der Waals surface area contributed by atoms with Crippen LogP contribution >= 0.6 is 11.6 Å². The molecule has 2 rings (SSSR count). The van der Waals surface area contributed by atoms with Crippen molar-refractivity contribution in [2.75, 3.05) is 13.7 Å². The third-order valence-electron chi connectivity index (χ3n) is 4.37. The molecular formula is C18H23ClN2O4. The average Bonchev–Trinajstić information content (AvgIpc) is 2.79. The van der Waals surface area contributed by atoms with E-state index in [9.17, 15) is 14.4 Å². The highest BCUT2D eigenvalue weighted by molar-refractivity contribution is 6.32. The Hall–Kier alpha value is -2.08. The Morgan fingerprint density at radius 1 is 1.24 bits per heavy atom. The molecule has 3 amide bonds. The Bertz CT molecular complexity index is 684. The number of hydrogen-bond donors (Lipinski definition) is 1. The van der Waals surface area contributed by atoms with Crippen LogP contribution in [0.5, 0.6) is 5.75 Å². The van der Waals surface area contributed by atoms with Crippen molar-refractivity contribution in [3.05, 3.63) is 28.8 Å². The molecule has 1 aromatic rings. The van der Waals surface area contributed by atoms with Crippen LogP contribution in [-0.2, 0) is 4.79 Å². The van der Waals surface area contributed by atoms with Crippen LogP contribution < -0.4 is 10.1 Å². The molecule has 1 heterocycles. The number of nitrogens with zero attached hydrogens (tertiary/aromatic N) is 1. The number of methoxy groups -OCH3 is 1. The van der Waals surface area contributed by atoms with Crippen LogP contribution in [0.25, 0.3) is 0 Å². The normalized spacial score (nSPS) is 16.1. The lowest BCUT2D eigenvalue weighted by Crippen LogP contribution is -2.47. The van der Waals surface area contributed by atoms with Crippen molar-refractivity contribution in [1.29, 1.82) is 0 Å². The van der Waals surface area contributed by atoms with Crippen molar-refractivity contribution >= 4 is 29.3 Å². The first-order chi connectivity index (χ1) is 11.9. The fourth-order valence-corrected chi connectivity index (χ4v) is 3.47. The SMILES string of the molecule is CCCC1(CCC)NC(=O)N(CC(=O)c2ccc(OC)c(Cl)c2)C1=O. The van der Waals surface area contributed by atoms with Crippen molar-refractivity contribution < 1.29 is 19.1 Å². The van der Waals surface area contributed by atoms with Gasteiger partial charge in [0.05, 0.1) is 18.7 Å². The second-order valence-corrected chi connectivity index (χ2v) is 6.58. The van der Waals surface area contributed by atoms with Crippen LogP contribution in [0.4, 0.5) is 4.79 Å². The quantitative estimate of drug-likeness (QED) is 0.565. The minimum absolute atomic E-state index is 0.303. The van der Waals surface area contributed by atoms with E-state index in [1.165, 1.54) is 13.2 Å². The van der Waals surface area contributed by atoms with E-state index in [0.29, 0.717) is 29.2 Å². The number of nitrogens with one attached hydrogen (secondary N) is 1. The van der Waals surface area contributed by atoms with E-state index in [0.717, 1.165) is 17.7 Å². The second-order valence-electron chi connectivity index (χ2n) is 6.18. The zero-order valence-corrected chi connectivity index (χ0v) is 15.5. The van der Waals surface area contributed by atoms with Crippen molar-refractivity contribution in [1.82, 2.24) is 10.2 Å². The molecule has 0 aromatic heterocycles. The molecule has 1 aliphatic heterocycles. The van der Waals surface area contributed by atoms with Gasteiger partial charge in [0, 0.05) is 5.56 Å². The predicted octanol–water partition coefficient (Wildman–Crippen LogP) is 3.42. The van der Waals surface area contributed by atoms with Gasteiger partial charge in [-0.15, -0.1) is 0 Å². The molecule has 6 nitrogen and oxygen atoms in total. The molecule has 0 atom stereocenters. The third-order valence-corrected chi connectivity index (χ3v) is 4.67. The van der Waals surface area contributed by atoms with E-state index in [2.05, 4.69) is 5.32 Å². The predicted molar refractivity (Wildman–Crippen MR) is 95.1 cm³/mol. The lowest BCUT2D eigenvalue weighted by atomic mass is 9.88. The number of imide groups is 1. The van der Waals surface area contributed by atoms with Crippen LogP contribution in [-0.4, -0.2) is 41.8 Å². The summed E-state index contributed by atoms with van der Waals surface area (Å²) in [5.74, 6) is -0.218. The smallest absolute Gasteiger partial charge is 0.325 e. The summed E-state index contributed by atoms with van der Waals surface area (Å²) in [6.07, 6.45) is 2.65. The van der Waals surface area contributed by atoms with Gasteiger partial charge < -0.3 is 10.1 Å². The highest BCUT2D eigenvalue weighted by Crippen LogP contribution is 2.29. The molecule has 1 aromatic carbocycles. The average molecular weight is 367 g/mol. The van der Waals surface area contributed by atoms with Crippen LogP contribution in [0.3, 0.4) is 0 Å². The molecule has 1 fully saturated rings. The van der Waals surface area contributed by atoms with Crippen molar-refractivity contribution in [2.45, 2.75) is 45.1 Å². The summed E-state index contributed by atoms with van der Waals surface area (Å²) in [6, 6.07) is 4.11. The number of ether oxygens (including phenoxy) is 1. The largest absolute Gasteiger partial charge is 0.495 e. The molecule has 1 saturated heterocycles. The van der Waals surface area contributed by atoms with Crippen LogP contribution in [0, 0.1) is 0 Å². The van der Waals surface area contributed by atoms with Gasteiger partial charge in [-0.05, 0) is 31.0 Å². The maximum absolute atomic E-state index is 12.8. The molecule has 0 radical (unpaired) electrons. The van der Waals surface area contributed by atoms with Crippen molar-refractivity contribution in [3.8, 4) is 5.75 Å². The number of amides is 3. The lowest BCUT2D eigenvalue weighted by molar-refractivity contribution is -0.131. The number of rotatable bonds is 8. The number of halogens is 1.